The zero-order valence-electron chi connectivity index (χ0n) is 26.6. The smallest absolute Gasteiger partial charge is 0.410 e. The highest BCUT2D eigenvalue weighted by atomic mass is 35.5. The minimum absolute atomic E-state index is 0.0975. The minimum atomic E-state index is -4.45. The minimum Gasteiger partial charge on any atom is -0.497 e. The molecule has 1 unspecified atom stereocenters. The normalized spacial score (nSPS) is 19.7. The van der Waals surface area contributed by atoms with E-state index in [2.05, 4.69) is 12.2 Å². The Labute approximate surface area is 275 Å². The Hall–Kier alpha value is -3.84. The van der Waals surface area contributed by atoms with Crippen LogP contribution in [0.1, 0.15) is 42.9 Å². The number of anilines is 1. The lowest BCUT2D eigenvalue weighted by molar-refractivity contribution is -0.132. The van der Waals surface area contributed by atoms with Gasteiger partial charge in [0.2, 0.25) is 0 Å². The number of amides is 2. The molecule has 1 fully saturated rings. The molecule has 46 heavy (non-hydrogen) atoms. The Morgan fingerprint density at radius 3 is 2.43 bits per heavy atom. The number of carbonyl (C=O) groups is 2. The van der Waals surface area contributed by atoms with Crippen LogP contribution >= 0.6 is 11.6 Å². The maximum atomic E-state index is 15.3. The van der Waals surface area contributed by atoms with Crippen LogP contribution in [0.3, 0.4) is 0 Å². The van der Waals surface area contributed by atoms with Crippen molar-refractivity contribution in [2.24, 2.45) is 0 Å². The highest BCUT2D eigenvalue weighted by Gasteiger charge is 2.63. The summed E-state index contributed by atoms with van der Waals surface area (Å²) in [6.07, 6.45) is 0.533. The molecule has 0 bridgehead atoms. The molecule has 1 saturated heterocycles. The summed E-state index contributed by atoms with van der Waals surface area (Å²) >= 11 is 6.59. The standard InChI is InChI=1S/C33H39ClN4O7S/c1-6-17-35-21-22-9-15-26(29(19-22)44-5)33(37-18-7-8-30(37)45-32(40)36(2)3)27-20-23(34)10-16-28(27)38(31(33)39)46(41,42)25-13-11-24(43-4)12-14-25/h9-16,19-20,30,35H,6-8,17-18,21H2,1-5H3/t30-,33?/m0/s1. The molecule has 3 aromatic rings. The van der Waals surface area contributed by atoms with Gasteiger partial charge in [-0.2, -0.15) is 0 Å². The summed E-state index contributed by atoms with van der Waals surface area (Å²) in [6.45, 7) is 3.79. The third kappa shape index (κ3) is 5.79. The van der Waals surface area contributed by atoms with Crippen LogP contribution in [0.2, 0.25) is 5.02 Å². The largest absolute Gasteiger partial charge is 0.497 e. The summed E-state index contributed by atoms with van der Waals surface area (Å²) in [5, 5.41) is 3.68. The van der Waals surface area contributed by atoms with E-state index >= 15 is 4.79 Å². The van der Waals surface area contributed by atoms with E-state index in [1.54, 1.807) is 37.2 Å². The Bertz CT molecular complexity index is 1720. The van der Waals surface area contributed by atoms with Crippen LogP contribution in [0, 0.1) is 0 Å². The molecule has 13 heteroatoms. The lowest BCUT2D eigenvalue weighted by atomic mass is 9.81. The highest BCUT2D eigenvalue weighted by molar-refractivity contribution is 7.93. The molecular weight excluding hydrogens is 632 g/mol. The molecule has 0 saturated carbocycles. The molecule has 0 aromatic heterocycles. The van der Waals surface area contributed by atoms with Gasteiger partial charge in [-0.25, -0.2) is 22.4 Å². The van der Waals surface area contributed by atoms with Crippen molar-refractivity contribution in [1.29, 1.82) is 0 Å². The first-order valence-corrected chi connectivity index (χ1v) is 16.9. The number of likely N-dealkylation sites (tertiary alicyclic amines) is 1. The number of ether oxygens (including phenoxy) is 3. The summed E-state index contributed by atoms with van der Waals surface area (Å²) in [4.78, 5) is 31.1. The van der Waals surface area contributed by atoms with Gasteiger partial charge >= 0.3 is 6.09 Å². The van der Waals surface area contributed by atoms with E-state index in [1.165, 1.54) is 49.5 Å². The Morgan fingerprint density at radius 1 is 1.04 bits per heavy atom. The number of fused-ring (bicyclic) bond motifs is 1. The van der Waals surface area contributed by atoms with Crippen molar-refractivity contribution in [1.82, 2.24) is 15.1 Å². The van der Waals surface area contributed by atoms with Crippen molar-refractivity contribution >= 4 is 39.3 Å². The first-order chi connectivity index (χ1) is 22.0. The van der Waals surface area contributed by atoms with Crippen LogP contribution in [-0.2, 0) is 31.6 Å². The predicted octanol–water partition coefficient (Wildman–Crippen LogP) is 4.96. The van der Waals surface area contributed by atoms with Gasteiger partial charge in [-0.15, -0.1) is 0 Å². The van der Waals surface area contributed by atoms with Gasteiger partial charge in [0.05, 0.1) is 24.8 Å². The summed E-state index contributed by atoms with van der Waals surface area (Å²) in [6, 6.07) is 16.0. The highest BCUT2D eigenvalue weighted by Crippen LogP contribution is 2.55. The van der Waals surface area contributed by atoms with E-state index in [1.807, 2.05) is 12.1 Å². The fourth-order valence-electron chi connectivity index (χ4n) is 6.15. The average Bonchev–Trinajstić information content (AvgIpc) is 3.60. The molecule has 2 aliphatic heterocycles. The molecule has 0 aliphatic carbocycles. The SMILES string of the molecule is CCCNCc1ccc(C2(N3CCC[C@@H]3OC(=O)N(C)C)C(=O)N(S(=O)(=O)c3ccc(OC)cc3)c3ccc(Cl)cc32)c(OC)c1. The molecule has 246 valence electrons. The maximum Gasteiger partial charge on any atom is 0.410 e. The molecule has 0 radical (unpaired) electrons. The third-order valence-corrected chi connectivity index (χ3v) is 10.2. The number of hydrogen-bond donors (Lipinski definition) is 1. The Balaban J connectivity index is 1.77. The van der Waals surface area contributed by atoms with Gasteiger partial charge in [0.25, 0.3) is 15.9 Å². The molecule has 1 N–H and O–H groups in total. The van der Waals surface area contributed by atoms with Crippen molar-refractivity contribution in [2.75, 3.05) is 45.7 Å². The maximum absolute atomic E-state index is 15.3. The number of methoxy groups -OCH3 is 2. The number of rotatable bonds is 11. The Kier molecular flexibility index (Phi) is 9.83. The number of nitrogens with zero attached hydrogens (tertiary/aromatic N) is 3. The second-order valence-electron chi connectivity index (χ2n) is 11.4. The fourth-order valence-corrected chi connectivity index (χ4v) is 7.78. The third-order valence-electron chi connectivity index (χ3n) is 8.30. The van der Waals surface area contributed by atoms with Gasteiger partial charge in [-0.05, 0) is 79.9 Å². The number of benzene rings is 3. The van der Waals surface area contributed by atoms with Crippen molar-refractivity contribution < 1.29 is 32.2 Å². The van der Waals surface area contributed by atoms with Crippen LogP contribution in [0.25, 0.3) is 0 Å². The van der Waals surface area contributed by atoms with Crippen molar-refractivity contribution in [3.63, 3.8) is 0 Å². The molecule has 11 nitrogen and oxygen atoms in total. The molecule has 2 atom stereocenters. The van der Waals surface area contributed by atoms with E-state index in [0.29, 0.717) is 53.6 Å². The molecule has 5 rings (SSSR count). The number of sulfonamides is 1. The van der Waals surface area contributed by atoms with E-state index < -0.39 is 33.8 Å². The molecule has 0 spiro atoms. The summed E-state index contributed by atoms with van der Waals surface area (Å²) < 4.78 is 46.7. The van der Waals surface area contributed by atoms with Gasteiger partial charge in [-0.1, -0.05) is 30.7 Å². The second-order valence-corrected chi connectivity index (χ2v) is 13.6. The van der Waals surface area contributed by atoms with Gasteiger partial charge in [-0.3, -0.25) is 4.79 Å². The number of carbonyl (C=O) groups excluding carboxylic acids is 2. The van der Waals surface area contributed by atoms with Gasteiger partial charge in [0.1, 0.15) is 11.5 Å². The van der Waals surface area contributed by atoms with Gasteiger partial charge < -0.3 is 24.4 Å². The molecule has 2 heterocycles. The van der Waals surface area contributed by atoms with Crippen molar-refractivity contribution in [2.45, 2.75) is 49.4 Å². The van der Waals surface area contributed by atoms with Crippen molar-refractivity contribution in [3.8, 4) is 11.5 Å². The van der Waals surface area contributed by atoms with Crippen LogP contribution in [-0.4, -0.2) is 77.9 Å². The van der Waals surface area contributed by atoms with E-state index in [0.717, 1.165) is 22.8 Å². The quantitative estimate of drug-likeness (QED) is 0.283. The first-order valence-electron chi connectivity index (χ1n) is 15.1. The van der Waals surface area contributed by atoms with Crippen LogP contribution < -0.4 is 19.1 Å². The fraction of sp³-hybridized carbons (Fsp3) is 0.394. The zero-order chi connectivity index (χ0) is 33.2. The van der Waals surface area contributed by atoms with Crippen LogP contribution in [0.4, 0.5) is 10.5 Å². The number of nitrogens with one attached hydrogen (secondary N) is 1. The van der Waals surface area contributed by atoms with Gasteiger partial charge in [0, 0.05) is 43.3 Å². The van der Waals surface area contributed by atoms with Crippen LogP contribution in [0.15, 0.2) is 65.6 Å². The molecule has 2 amide bonds. The molecule has 3 aromatic carbocycles. The number of halogens is 1. The second kappa shape index (κ2) is 13.5. The summed E-state index contributed by atoms with van der Waals surface area (Å²) in [7, 11) is 1.69. The molecular formula is C33H39ClN4O7S. The number of hydrogen-bond acceptors (Lipinski definition) is 9. The monoisotopic (exact) mass is 670 g/mol. The van der Waals surface area contributed by atoms with Crippen LogP contribution in [0.5, 0.6) is 11.5 Å². The lowest BCUT2D eigenvalue weighted by Gasteiger charge is -2.41. The Morgan fingerprint density at radius 2 is 1.78 bits per heavy atom. The van der Waals surface area contributed by atoms with E-state index in [9.17, 15) is 13.2 Å². The molecule has 2 aliphatic rings. The van der Waals surface area contributed by atoms with Gasteiger partial charge in [0.15, 0.2) is 11.8 Å². The zero-order valence-corrected chi connectivity index (χ0v) is 28.2. The lowest BCUT2D eigenvalue weighted by Crippen LogP contribution is -2.57. The summed E-state index contributed by atoms with van der Waals surface area (Å²) in [5.41, 5.74) is 0.0214. The van der Waals surface area contributed by atoms with Crippen molar-refractivity contribution in [3.05, 3.63) is 82.4 Å². The average molecular weight is 671 g/mol. The first kappa shape index (κ1) is 33.5. The van der Waals surface area contributed by atoms with E-state index in [-0.39, 0.29) is 10.6 Å². The van der Waals surface area contributed by atoms with E-state index in [4.69, 9.17) is 25.8 Å². The topological polar surface area (TPSA) is 118 Å². The summed E-state index contributed by atoms with van der Waals surface area (Å²) in [5.74, 6) is 0.0843. The predicted molar refractivity (Wildman–Crippen MR) is 175 cm³/mol.